The largest absolute Gasteiger partial charge is 0.343 e. The van der Waals surface area contributed by atoms with Gasteiger partial charge in [-0.25, -0.2) is 0 Å². The summed E-state index contributed by atoms with van der Waals surface area (Å²) < 4.78 is 2.18. The highest BCUT2D eigenvalue weighted by atomic mass is 32.2. The Bertz CT molecular complexity index is 1400. The summed E-state index contributed by atoms with van der Waals surface area (Å²) >= 11 is 2.42. The third-order valence-electron chi connectivity index (χ3n) is 6.01. The fraction of sp³-hybridized carbons (Fsp3) is 0.174. The van der Waals surface area contributed by atoms with E-state index in [0.717, 1.165) is 32.7 Å². The number of imide groups is 1. The van der Waals surface area contributed by atoms with Crippen LogP contribution in [-0.4, -0.2) is 26.6 Å². The summed E-state index contributed by atoms with van der Waals surface area (Å²) in [5.74, 6) is -1.43. The summed E-state index contributed by atoms with van der Waals surface area (Å²) in [6.07, 6.45) is 2.08. The number of carbonyl (C=O) groups is 2. The van der Waals surface area contributed by atoms with E-state index in [1.54, 1.807) is 0 Å². The van der Waals surface area contributed by atoms with Crippen LogP contribution in [0.2, 0.25) is 0 Å². The fourth-order valence-electron chi connectivity index (χ4n) is 4.71. The van der Waals surface area contributed by atoms with E-state index in [-0.39, 0.29) is 22.6 Å². The van der Waals surface area contributed by atoms with E-state index in [1.807, 2.05) is 36.4 Å². The molecular weight excluding hydrogens is 430 g/mol. The number of thioether (sulfide) groups is 1. The van der Waals surface area contributed by atoms with E-state index in [1.165, 1.54) is 17.3 Å². The molecule has 1 fully saturated rings. The molecule has 3 atom stereocenters. The van der Waals surface area contributed by atoms with Crippen molar-refractivity contribution in [3.8, 4) is 0 Å². The lowest BCUT2D eigenvalue weighted by molar-refractivity contribution is -0.125. The van der Waals surface area contributed by atoms with Gasteiger partial charge in [0.25, 0.3) is 0 Å². The van der Waals surface area contributed by atoms with Crippen molar-refractivity contribution in [3.63, 3.8) is 0 Å². The molecule has 4 heterocycles. The van der Waals surface area contributed by atoms with E-state index in [9.17, 15) is 14.4 Å². The van der Waals surface area contributed by atoms with E-state index < -0.39 is 11.2 Å². The molecule has 2 N–H and O–H groups in total. The number of hydrogen-bond donors (Lipinski definition) is 2. The number of hydrogen-bond acceptors (Lipinski definition) is 5. The van der Waals surface area contributed by atoms with Crippen molar-refractivity contribution in [2.45, 2.75) is 22.7 Å². The number of nitrogens with one attached hydrogen (secondary N) is 2. The maximum Gasteiger partial charge on any atom is 0.305 e. The summed E-state index contributed by atoms with van der Waals surface area (Å²) in [4.78, 5) is 41.0. The number of H-pyrrole nitrogens is 1. The lowest BCUT2D eigenvalue weighted by atomic mass is 9.83. The number of nitrogens with zero attached hydrogens (tertiary/aromatic N) is 1. The van der Waals surface area contributed by atoms with Crippen LogP contribution in [0.5, 0.6) is 0 Å². The van der Waals surface area contributed by atoms with Gasteiger partial charge in [0, 0.05) is 34.4 Å². The summed E-state index contributed by atoms with van der Waals surface area (Å²) in [6.45, 7) is 0.693. The SMILES string of the molecule is O=C1NC(=O)[C@@H]2Sc3[nH]c(=O)sc3[C@@H](c3cn(Cc4ccccc4)c4ccccc34)[C@@H]12. The van der Waals surface area contributed by atoms with Crippen molar-refractivity contribution in [1.82, 2.24) is 14.9 Å². The van der Waals surface area contributed by atoms with E-state index in [0.29, 0.717) is 11.6 Å². The van der Waals surface area contributed by atoms with Crippen LogP contribution < -0.4 is 10.2 Å². The summed E-state index contributed by atoms with van der Waals surface area (Å²) in [6, 6.07) is 18.3. The smallest absolute Gasteiger partial charge is 0.305 e. The molecule has 154 valence electrons. The zero-order chi connectivity index (χ0) is 21.1. The average Bonchev–Trinajstić information content (AvgIpc) is 3.41. The highest BCUT2D eigenvalue weighted by Crippen LogP contribution is 2.52. The van der Waals surface area contributed by atoms with Crippen LogP contribution in [0.4, 0.5) is 0 Å². The number of carbonyl (C=O) groups excluding carboxylic acids is 2. The van der Waals surface area contributed by atoms with Crippen LogP contribution in [0.1, 0.15) is 21.9 Å². The molecule has 2 amide bonds. The van der Waals surface area contributed by atoms with Gasteiger partial charge in [0.2, 0.25) is 11.8 Å². The van der Waals surface area contributed by atoms with Crippen molar-refractivity contribution in [2.75, 3.05) is 0 Å². The van der Waals surface area contributed by atoms with Crippen molar-refractivity contribution in [2.24, 2.45) is 5.92 Å². The van der Waals surface area contributed by atoms with Crippen LogP contribution in [0, 0.1) is 5.92 Å². The minimum absolute atomic E-state index is 0.164. The van der Waals surface area contributed by atoms with Gasteiger partial charge in [-0.3, -0.25) is 19.7 Å². The molecule has 6 rings (SSSR count). The molecule has 0 bridgehead atoms. The first-order valence-corrected chi connectivity index (χ1v) is 11.7. The molecule has 0 saturated carbocycles. The fourth-order valence-corrected chi connectivity index (χ4v) is 7.18. The molecule has 2 aromatic heterocycles. The second kappa shape index (κ2) is 6.96. The quantitative estimate of drug-likeness (QED) is 0.472. The van der Waals surface area contributed by atoms with Crippen LogP contribution in [0.25, 0.3) is 10.9 Å². The molecular formula is C23H17N3O3S2. The molecule has 31 heavy (non-hydrogen) atoms. The Morgan fingerprint density at radius 3 is 2.55 bits per heavy atom. The van der Waals surface area contributed by atoms with Crippen molar-refractivity contribution in [1.29, 1.82) is 0 Å². The van der Waals surface area contributed by atoms with Crippen LogP contribution in [0.3, 0.4) is 0 Å². The van der Waals surface area contributed by atoms with Crippen LogP contribution >= 0.6 is 23.1 Å². The maximum absolute atomic E-state index is 12.8. The van der Waals surface area contributed by atoms with Gasteiger partial charge in [-0.2, -0.15) is 0 Å². The molecule has 0 unspecified atom stereocenters. The standard InChI is InChI=1S/C23H17N3O3S2/c27-20-17-16(19-22(25-23(29)31-19)30-18(17)21(28)24-20)14-11-26(10-12-6-2-1-3-7-12)15-9-5-4-8-13(14)15/h1-9,11,16-18H,10H2,(H,25,29)(H,24,27,28)/t16-,17+,18+/m0/s1. The Morgan fingerprint density at radius 2 is 1.71 bits per heavy atom. The molecule has 2 aromatic carbocycles. The van der Waals surface area contributed by atoms with Gasteiger partial charge in [-0.1, -0.05) is 71.6 Å². The number of thiazole rings is 1. The molecule has 8 heteroatoms. The number of amides is 2. The van der Waals surface area contributed by atoms with Gasteiger partial charge in [0.1, 0.15) is 5.25 Å². The van der Waals surface area contributed by atoms with Gasteiger partial charge in [-0.15, -0.1) is 0 Å². The zero-order valence-electron chi connectivity index (χ0n) is 16.2. The number of aromatic nitrogens is 2. The summed E-state index contributed by atoms with van der Waals surface area (Å²) in [7, 11) is 0. The van der Waals surface area contributed by atoms with E-state index >= 15 is 0 Å². The van der Waals surface area contributed by atoms with Crippen LogP contribution in [-0.2, 0) is 16.1 Å². The summed E-state index contributed by atoms with van der Waals surface area (Å²) in [5.41, 5.74) is 3.21. The normalized spacial score (nSPS) is 22.4. The Morgan fingerprint density at radius 1 is 0.935 bits per heavy atom. The van der Waals surface area contributed by atoms with Gasteiger partial charge in [-0.05, 0) is 17.2 Å². The zero-order valence-corrected chi connectivity index (χ0v) is 17.8. The molecule has 2 aliphatic heterocycles. The van der Waals surface area contributed by atoms with Gasteiger partial charge in [0.15, 0.2) is 0 Å². The second-order valence-corrected chi connectivity index (χ2v) is 9.98. The topological polar surface area (TPSA) is 84.0 Å². The lowest BCUT2D eigenvalue weighted by Crippen LogP contribution is -2.31. The van der Waals surface area contributed by atoms with E-state index in [4.69, 9.17) is 0 Å². The first-order chi connectivity index (χ1) is 15.1. The predicted molar refractivity (Wildman–Crippen MR) is 121 cm³/mol. The monoisotopic (exact) mass is 447 g/mol. The van der Waals surface area contributed by atoms with Gasteiger partial charge < -0.3 is 9.55 Å². The molecule has 4 aromatic rings. The molecule has 0 aliphatic carbocycles. The lowest BCUT2D eigenvalue weighted by Gasteiger charge is -2.29. The van der Waals surface area contributed by atoms with Crippen LogP contribution in [0.15, 0.2) is 70.6 Å². The predicted octanol–water partition coefficient (Wildman–Crippen LogP) is 3.32. The molecule has 2 aliphatic rings. The second-order valence-electron chi connectivity index (χ2n) is 7.82. The van der Waals surface area contributed by atoms with Gasteiger partial charge in [0.05, 0.1) is 10.9 Å². The third kappa shape index (κ3) is 2.90. The number of fused-ring (bicyclic) bond motifs is 3. The number of benzene rings is 2. The van der Waals surface area contributed by atoms with Crippen molar-refractivity contribution >= 4 is 45.8 Å². The van der Waals surface area contributed by atoms with Crippen molar-refractivity contribution in [3.05, 3.63) is 86.5 Å². The first kappa shape index (κ1) is 18.7. The molecule has 6 nitrogen and oxygen atoms in total. The minimum Gasteiger partial charge on any atom is -0.343 e. The summed E-state index contributed by atoms with van der Waals surface area (Å²) in [5, 5.41) is 3.70. The van der Waals surface area contributed by atoms with Crippen molar-refractivity contribution < 1.29 is 9.59 Å². The molecule has 0 spiro atoms. The molecule has 0 radical (unpaired) electrons. The Hall–Kier alpha value is -3.10. The number of rotatable bonds is 3. The Balaban J connectivity index is 1.56. The maximum atomic E-state index is 12.8. The molecule has 1 saturated heterocycles. The number of para-hydroxylation sites is 1. The van der Waals surface area contributed by atoms with Gasteiger partial charge >= 0.3 is 4.87 Å². The minimum atomic E-state index is -0.536. The Kier molecular flexibility index (Phi) is 4.19. The Labute approximate surface area is 185 Å². The third-order valence-corrected chi connectivity index (χ3v) is 8.43. The number of aromatic amines is 1. The van der Waals surface area contributed by atoms with E-state index in [2.05, 4.69) is 39.3 Å². The highest BCUT2D eigenvalue weighted by Gasteiger charge is 2.52. The average molecular weight is 448 g/mol. The first-order valence-electron chi connectivity index (χ1n) is 9.96. The highest BCUT2D eigenvalue weighted by molar-refractivity contribution is 8.00.